The molecule has 33 heavy (non-hydrogen) atoms. The van der Waals surface area contributed by atoms with Crippen molar-refractivity contribution in [2.24, 2.45) is 0 Å². The van der Waals surface area contributed by atoms with Crippen molar-refractivity contribution in [3.63, 3.8) is 0 Å². The van der Waals surface area contributed by atoms with E-state index in [-0.39, 0.29) is 17.1 Å². The molecule has 0 saturated heterocycles. The van der Waals surface area contributed by atoms with Gasteiger partial charge in [-0.15, -0.1) is 0 Å². The first-order chi connectivity index (χ1) is 15.6. The zero-order chi connectivity index (χ0) is 23.8. The number of methoxy groups -OCH3 is 1. The van der Waals surface area contributed by atoms with E-state index in [1.165, 1.54) is 29.2 Å². The van der Waals surface area contributed by atoms with Crippen LogP contribution < -0.4 is 14.4 Å². The maximum absolute atomic E-state index is 13.7. The van der Waals surface area contributed by atoms with Crippen LogP contribution in [-0.2, 0) is 22.6 Å². The van der Waals surface area contributed by atoms with Gasteiger partial charge in [-0.2, -0.15) is 13.2 Å². The van der Waals surface area contributed by atoms with Gasteiger partial charge < -0.3 is 9.64 Å². The van der Waals surface area contributed by atoms with Crippen LogP contribution in [0.15, 0.2) is 71.6 Å². The summed E-state index contributed by atoms with van der Waals surface area (Å²) in [7, 11) is -3.16. The van der Waals surface area contributed by atoms with Gasteiger partial charge in [-0.1, -0.05) is 30.3 Å². The Kier molecular flexibility index (Phi) is 6.06. The molecule has 1 atom stereocenters. The van der Waals surface area contributed by atoms with Crippen molar-refractivity contribution in [1.82, 2.24) is 4.72 Å². The zero-order valence-corrected chi connectivity index (χ0v) is 18.3. The summed E-state index contributed by atoms with van der Waals surface area (Å²) in [6.45, 7) is 0.0242. The highest BCUT2D eigenvalue weighted by atomic mass is 32.2. The Bertz CT molecular complexity index is 1250. The lowest BCUT2D eigenvalue weighted by Crippen LogP contribution is -2.40. The van der Waals surface area contributed by atoms with E-state index in [1.807, 2.05) is 30.3 Å². The minimum atomic E-state index is -4.78. The standard InChI is InChI=1S/C23H20F4N2O3S/c1-32-21-13-22-20(12-19(21)23(25,26)27)29(18-9-7-16(24)8-10-18)14-17(28-33(22,30)31)11-15-5-3-2-4-6-15/h2-10,12-13,17,28H,11,14H2,1H3/t17-/m1/s1. The van der Waals surface area contributed by atoms with E-state index in [9.17, 15) is 26.0 Å². The van der Waals surface area contributed by atoms with Gasteiger partial charge in [-0.05, 0) is 42.3 Å². The van der Waals surface area contributed by atoms with Gasteiger partial charge in [0.1, 0.15) is 16.5 Å². The fourth-order valence-corrected chi connectivity index (χ4v) is 5.31. The number of sulfonamides is 1. The third kappa shape index (κ3) is 4.81. The van der Waals surface area contributed by atoms with E-state index in [2.05, 4.69) is 4.72 Å². The number of hydrogen-bond donors (Lipinski definition) is 1. The molecule has 10 heteroatoms. The van der Waals surface area contributed by atoms with Crippen LogP contribution in [0.25, 0.3) is 0 Å². The molecular formula is C23H20F4N2O3S. The smallest absolute Gasteiger partial charge is 0.420 e. The average molecular weight is 480 g/mol. The SMILES string of the molecule is COc1cc2c(cc1C(F)(F)F)N(c1ccc(F)cc1)C[C@@H](Cc1ccccc1)NS2(=O)=O. The van der Waals surface area contributed by atoms with E-state index < -0.39 is 39.4 Å². The van der Waals surface area contributed by atoms with E-state index in [0.29, 0.717) is 12.1 Å². The minimum Gasteiger partial charge on any atom is -0.496 e. The Morgan fingerprint density at radius 2 is 1.73 bits per heavy atom. The summed E-state index contributed by atoms with van der Waals surface area (Å²) in [4.78, 5) is 1.10. The second-order valence-corrected chi connectivity index (χ2v) is 9.30. The molecule has 0 aromatic heterocycles. The van der Waals surface area contributed by atoms with Crippen molar-refractivity contribution in [1.29, 1.82) is 0 Å². The predicted octanol–water partition coefficient (Wildman–Crippen LogP) is 4.89. The molecule has 174 valence electrons. The van der Waals surface area contributed by atoms with Crippen LogP contribution in [0.1, 0.15) is 11.1 Å². The van der Waals surface area contributed by atoms with Gasteiger partial charge in [0.15, 0.2) is 0 Å². The number of benzene rings is 3. The maximum atomic E-state index is 13.7. The van der Waals surface area contributed by atoms with Crippen molar-refractivity contribution in [3.05, 3.63) is 83.7 Å². The number of halogens is 4. The lowest BCUT2D eigenvalue weighted by molar-refractivity contribution is -0.138. The van der Waals surface area contributed by atoms with Gasteiger partial charge in [-0.25, -0.2) is 17.5 Å². The van der Waals surface area contributed by atoms with Gasteiger partial charge in [0, 0.05) is 24.3 Å². The van der Waals surface area contributed by atoms with Crippen molar-refractivity contribution in [2.45, 2.75) is 23.5 Å². The molecule has 0 saturated carbocycles. The summed E-state index contributed by atoms with van der Waals surface area (Å²) in [5.74, 6) is -1.13. The largest absolute Gasteiger partial charge is 0.496 e. The highest BCUT2D eigenvalue weighted by Crippen LogP contribution is 2.44. The molecule has 1 aliphatic rings. The Balaban J connectivity index is 1.90. The molecule has 5 nitrogen and oxygen atoms in total. The van der Waals surface area contributed by atoms with Gasteiger partial charge in [0.2, 0.25) is 10.0 Å². The minimum absolute atomic E-state index is 0.0242. The van der Waals surface area contributed by atoms with Crippen LogP contribution in [0.4, 0.5) is 28.9 Å². The molecule has 1 aliphatic heterocycles. The maximum Gasteiger partial charge on any atom is 0.420 e. The summed E-state index contributed by atoms with van der Waals surface area (Å²) in [5, 5.41) is 0. The Labute approximate surface area is 188 Å². The molecule has 0 amide bonds. The number of hydrogen-bond acceptors (Lipinski definition) is 4. The molecule has 1 N–H and O–H groups in total. The number of rotatable bonds is 4. The summed E-state index contributed by atoms with van der Waals surface area (Å²) in [5.41, 5.74) is -0.0676. The summed E-state index contributed by atoms with van der Waals surface area (Å²) in [6, 6.07) is 15.2. The van der Waals surface area contributed by atoms with Crippen LogP contribution in [0.2, 0.25) is 0 Å². The number of nitrogens with one attached hydrogen (secondary N) is 1. The fraction of sp³-hybridized carbons (Fsp3) is 0.217. The van der Waals surface area contributed by atoms with Crippen LogP contribution in [0.5, 0.6) is 5.75 Å². The highest BCUT2D eigenvalue weighted by molar-refractivity contribution is 7.89. The molecule has 3 aromatic rings. The normalized spacial score (nSPS) is 17.8. The highest BCUT2D eigenvalue weighted by Gasteiger charge is 2.39. The molecule has 0 unspecified atom stereocenters. The van der Waals surface area contributed by atoms with E-state index in [1.54, 1.807) is 0 Å². The number of anilines is 2. The number of alkyl halides is 3. The third-order valence-corrected chi connectivity index (χ3v) is 6.90. The van der Waals surface area contributed by atoms with Crippen molar-refractivity contribution < 1.29 is 30.7 Å². The summed E-state index contributed by atoms with van der Waals surface area (Å²) < 4.78 is 88.7. The molecule has 0 spiro atoms. The molecule has 0 bridgehead atoms. The zero-order valence-electron chi connectivity index (χ0n) is 17.4. The first-order valence-corrected chi connectivity index (χ1v) is 11.5. The third-order valence-electron chi connectivity index (χ3n) is 5.35. The van der Waals surface area contributed by atoms with Gasteiger partial charge >= 0.3 is 6.18 Å². The van der Waals surface area contributed by atoms with E-state index >= 15 is 0 Å². The van der Waals surface area contributed by atoms with Crippen LogP contribution in [-0.4, -0.2) is 28.1 Å². The summed E-state index contributed by atoms with van der Waals surface area (Å²) in [6.07, 6.45) is -4.48. The molecule has 0 fully saturated rings. The topological polar surface area (TPSA) is 58.6 Å². The van der Waals surface area contributed by atoms with Crippen LogP contribution in [0.3, 0.4) is 0 Å². The first-order valence-electron chi connectivity index (χ1n) is 9.97. The second kappa shape index (κ2) is 8.68. The second-order valence-electron chi connectivity index (χ2n) is 7.61. The number of ether oxygens (including phenoxy) is 1. The van der Waals surface area contributed by atoms with Gasteiger partial charge in [0.05, 0.1) is 18.4 Å². The van der Waals surface area contributed by atoms with Crippen molar-refractivity contribution in [3.8, 4) is 5.75 Å². The summed E-state index contributed by atoms with van der Waals surface area (Å²) >= 11 is 0. The molecule has 3 aromatic carbocycles. The molecule has 4 rings (SSSR count). The first kappa shape index (κ1) is 23.1. The lowest BCUT2D eigenvalue weighted by atomic mass is 10.0. The Morgan fingerprint density at radius 3 is 2.33 bits per heavy atom. The predicted molar refractivity (Wildman–Crippen MR) is 116 cm³/mol. The van der Waals surface area contributed by atoms with Crippen molar-refractivity contribution >= 4 is 21.4 Å². The van der Waals surface area contributed by atoms with Crippen LogP contribution >= 0.6 is 0 Å². The van der Waals surface area contributed by atoms with E-state index in [4.69, 9.17) is 4.74 Å². The van der Waals surface area contributed by atoms with Crippen molar-refractivity contribution in [2.75, 3.05) is 18.6 Å². The van der Waals surface area contributed by atoms with Gasteiger partial charge in [0.25, 0.3) is 0 Å². The lowest BCUT2D eigenvalue weighted by Gasteiger charge is -2.28. The average Bonchev–Trinajstić information content (AvgIpc) is 2.87. The van der Waals surface area contributed by atoms with Gasteiger partial charge in [-0.3, -0.25) is 0 Å². The number of fused-ring (bicyclic) bond motifs is 1. The number of nitrogens with zero attached hydrogens (tertiary/aromatic N) is 1. The Morgan fingerprint density at radius 1 is 1.06 bits per heavy atom. The van der Waals surface area contributed by atoms with Crippen LogP contribution in [0, 0.1) is 5.82 Å². The molecule has 1 heterocycles. The molecular weight excluding hydrogens is 460 g/mol. The molecule has 0 aliphatic carbocycles. The fourth-order valence-electron chi connectivity index (χ4n) is 3.88. The molecule has 0 radical (unpaired) electrons. The quantitative estimate of drug-likeness (QED) is 0.540. The van der Waals surface area contributed by atoms with E-state index in [0.717, 1.165) is 24.8 Å². The Hall–Kier alpha value is -3.11. The monoisotopic (exact) mass is 480 g/mol.